The predicted molar refractivity (Wildman–Crippen MR) is 160 cm³/mol. The van der Waals surface area contributed by atoms with Crippen LogP contribution in [-0.4, -0.2) is 64.3 Å². The van der Waals surface area contributed by atoms with Crippen LogP contribution in [0.4, 0.5) is 5.69 Å². The summed E-state index contributed by atoms with van der Waals surface area (Å²) in [5.74, 6) is -0.760. The van der Waals surface area contributed by atoms with E-state index in [9.17, 15) is 35.0 Å². The van der Waals surface area contributed by atoms with Gasteiger partial charge in [-0.05, 0) is 99.2 Å². The zero-order chi connectivity index (χ0) is 32.7. The fourth-order valence-corrected chi connectivity index (χ4v) is 9.06. The number of hydrogen-bond donors (Lipinski definition) is 4. The number of oxime groups is 1. The van der Waals surface area contributed by atoms with Gasteiger partial charge >= 0.3 is 5.97 Å². The van der Waals surface area contributed by atoms with Crippen molar-refractivity contribution in [1.82, 2.24) is 5.32 Å². The molecule has 1 aromatic rings. The normalized spacial score (nSPS) is 33.6. The van der Waals surface area contributed by atoms with Gasteiger partial charge in [0.05, 0.1) is 18.5 Å². The highest BCUT2D eigenvalue weighted by atomic mass is 16.8. The van der Waals surface area contributed by atoms with Gasteiger partial charge in [-0.25, -0.2) is 4.79 Å². The van der Waals surface area contributed by atoms with E-state index < -0.39 is 41.6 Å². The van der Waals surface area contributed by atoms with E-state index in [1.54, 1.807) is 0 Å². The molecule has 4 aliphatic carbocycles. The fraction of sp³-hybridized carbons (Fsp3) is 0.636. The third-order valence-electron chi connectivity index (χ3n) is 11.6. The highest BCUT2D eigenvalue weighted by Crippen LogP contribution is 2.67. The van der Waals surface area contributed by atoms with Crippen molar-refractivity contribution in [3.05, 3.63) is 35.4 Å². The smallest absolute Gasteiger partial charge is 0.328 e. The monoisotopic (exact) mass is 626 g/mol. The zero-order valence-electron chi connectivity index (χ0n) is 26.4. The molecule has 246 valence electrons. The van der Waals surface area contributed by atoms with E-state index >= 15 is 0 Å². The highest BCUT2D eigenvalue weighted by molar-refractivity contribution is 5.96. The number of amides is 1. The summed E-state index contributed by atoms with van der Waals surface area (Å²) in [7, 11) is 1.18. The molecule has 4 aliphatic rings. The number of Topliss-reactive ketones (excluding diaryl/α,β-unsaturated/α-hetero) is 1. The Morgan fingerprint density at radius 2 is 1.84 bits per heavy atom. The van der Waals surface area contributed by atoms with Crippen molar-refractivity contribution in [3.8, 4) is 5.75 Å². The summed E-state index contributed by atoms with van der Waals surface area (Å²) in [6.07, 6.45) is 8.84. The predicted octanol–water partition coefficient (Wildman–Crippen LogP) is 3.20. The van der Waals surface area contributed by atoms with Crippen LogP contribution in [0.3, 0.4) is 0 Å². The lowest BCUT2D eigenvalue weighted by Crippen LogP contribution is -2.57. The van der Waals surface area contributed by atoms with Crippen LogP contribution in [0.2, 0.25) is 0 Å². The van der Waals surface area contributed by atoms with Gasteiger partial charge in [-0.15, -0.1) is 5.23 Å². The quantitative estimate of drug-likeness (QED) is 0.235. The molecule has 1 aromatic carbocycles. The lowest BCUT2D eigenvalue weighted by atomic mass is 9.46. The molecule has 0 aromatic heterocycles. The van der Waals surface area contributed by atoms with Gasteiger partial charge in [0.2, 0.25) is 0 Å². The molecule has 0 radical (unpaired) electrons. The lowest BCUT2D eigenvalue weighted by Gasteiger charge is -2.59. The van der Waals surface area contributed by atoms with Crippen LogP contribution < -0.4 is 15.6 Å². The number of anilines is 1. The van der Waals surface area contributed by atoms with E-state index in [2.05, 4.69) is 30.4 Å². The summed E-state index contributed by atoms with van der Waals surface area (Å²) < 4.78 is 4.81. The van der Waals surface area contributed by atoms with Gasteiger partial charge in [-0.2, -0.15) is 0 Å². The van der Waals surface area contributed by atoms with Crippen LogP contribution in [0.1, 0.15) is 77.7 Å². The first-order valence-electron chi connectivity index (χ1n) is 15.7. The van der Waals surface area contributed by atoms with Crippen LogP contribution >= 0.6 is 0 Å². The number of rotatable bonds is 9. The molecule has 45 heavy (non-hydrogen) atoms. The summed E-state index contributed by atoms with van der Waals surface area (Å²) in [5, 5.41) is 48.2. The summed E-state index contributed by atoms with van der Waals surface area (Å²) in [6, 6.07) is 2.65. The van der Waals surface area contributed by atoms with Gasteiger partial charge < -0.3 is 25.1 Å². The molecule has 4 N–H and O–H groups in total. The Morgan fingerprint density at radius 3 is 2.53 bits per heavy atom. The lowest BCUT2D eigenvalue weighted by molar-refractivity contribution is -0.268. The number of carbonyl (C=O) groups is 3. The number of nitrogens with one attached hydrogen (secondary N) is 1. The number of hydrogen-bond acceptors (Lipinski definition) is 11. The Labute approximate surface area is 263 Å². The maximum Gasteiger partial charge on any atom is 0.328 e. The Hall–Kier alpha value is -3.48. The Morgan fingerprint density at radius 1 is 1.11 bits per heavy atom. The number of ketones is 1. The van der Waals surface area contributed by atoms with E-state index in [1.807, 2.05) is 0 Å². The molecule has 0 bridgehead atoms. The largest absolute Gasteiger partial charge is 0.871 e. The highest BCUT2D eigenvalue weighted by Gasteiger charge is 2.65. The van der Waals surface area contributed by atoms with E-state index in [4.69, 9.17) is 9.57 Å². The van der Waals surface area contributed by atoms with E-state index in [0.717, 1.165) is 50.3 Å². The van der Waals surface area contributed by atoms with Crippen LogP contribution in [0.5, 0.6) is 5.75 Å². The molecule has 0 spiro atoms. The Bertz CT molecular complexity index is 1410. The second-order valence-corrected chi connectivity index (χ2v) is 13.7. The molecule has 12 heteroatoms. The maximum atomic E-state index is 12.7. The van der Waals surface area contributed by atoms with Crippen molar-refractivity contribution >= 4 is 29.1 Å². The molecule has 0 unspecified atom stereocenters. The first-order valence-corrected chi connectivity index (χ1v) is 15.7. The molecule has 3 saturated carbocycles. The van der Waals surface area contributed by atoms with E-state index in [-0.39, 0.29) is 28.3 Å². The fourth-order valence-electron chi connectivity index (χ4n) is 9.06. The first kappa shape index (κ1) is 32.9. The van der Waals surface area contributed by atoms with Crippen molar-refractivity contribution < 1.29 is 44.6 Å². The number of methoxy groups -OCH3 is 1. The summed E-state index contributed by atoms with van der Waals surface area (Å²) in [4.78, 5) is 42.9. The number of fused-ring (bicyclic) bond motifs is 5. The SMILES string of the molecule is COC(=O)[C@H](Cc1ccc([O-])c(N(O)O)c1)NC(=O)CON=C1C=C2CC[C@H]3[C@@H](CC[C@@]4(C)[C@H]3CC[C@@]4(O)C(C)=O)[C@@]2(C)CC1. The summed E-state index contributed by atoms with van der Waals surface area (Å²) >= 11 is 0. The molecule has 5 rings (SSSR count). The minimum absolute atomic E-state index is 0.0124. The van der Waals surface area contributed by atoms with Gasteiger partial charge in [0.15, 0.2) is 12.4 Å². The number of aliphatic hydroxyl groups is 1. The third-order valence-corrected chi connectivity index (χ3v) is 11.6. The summed E-state index contributed by atoms with van der Waals surface area (Å²) in [6.45, 7) is 5.58. The molecule has 12 nitrogen and oxygen atoms in total. The van der Waals surface area contributed by atoms with Gasteiger partial charge in [-0.3, -0.25) is 20.0 Å². The second-order valence-electron chi connectivity index (χ2n) is 13.7. The third kappa shape index (κ3) is 5.83. The number of allylic oxidation sites excluding steroid dienone is 2. The average Bonchev–Trinajstić information content (AvgIpc) is 3.28. The molecular weight excluding hydrogens is 582 g/mol. The molecule has 7 atom stereocenters. The van der Waals surface area contributed by atoms with Gasteiger partial charge in [0, 0.05) is 11.8 Å². The van der Waals surface area contributed by atoms with Crippen molar-refractivity contribution in [3.63, 3.8) is 0 Å². The maximum absolute atomic E-state index is 12.7. The summed E-state index contributed by atoms with van der Waals surface area (Å²) in [5.41, 5.74) is 0.515. The number of benzene rings is 1. The van der Waals surface area contributed by atoms with Crippen molar-refractivity contribution in [2.24, 2.45) is 33.7 Å². The number of esters is 1. The number of ether oxygens (including phenoxy) is 1. The van der Waals surface area contributed by atoms with Crippen molar-refractivity contribution in [2.75, 3.05) is 18.9 Å². The molecule has 0 saturated heterocycles. The van der Waals surface area contributed by atoms with Crippen molar-refractivity contribution in [2.45, 2.75) is 90.2 Å². The average molecular weight is 627 g/mol. The van der Waals surface area contributed by atoms with Gasteiger partial charge in [-0.1, -0.05) is 42.5 Å². The Kier molecular flexibility index (Phi) is 9.05. The topological polar surface area (TPSA) is 181 Å². The van der Waals surface area contributed by atoms with Gasteiger partial charge in [0.1, 0.15) is 11.6 Å². The molecular formula is C33H44N3O9-. The molecule has 1 amide bonds. The standard InChI is InChI=1S/C33H45N3O9/c1-19(37)33(41)14-11-25-23-7-6-21-17-22(9-12-31(21,2)24(23)10-13-32(25,33)3)35-45-18-29(39)34-26(30(40)44-4)15-20-5-8-28(38)27(16-20)36(42)43/h5,8,16-17,23-26,38,41-43H,6-7,9-15,18H2,1-4H3,(H,34,39)/p-1/t23-,24+,25-,26-,31-,32-,33+/m0/s1. The van der Waals surface area contributed by atoms with E-state index in [0.29, 0.717) is 36.2 Å². The van der Waals surface area contributed by atoms with Crippen LogP contribution in [0.15, 0.2) is 35.0 Å². The Balaban J connectivity index is 1.20. The zero-order valence-corrected chi connectivity index (χ0v) is 26.4. The van der Waals surface area contributed by atoms with E-state index in [1.165, 1.54) is 31.7 Å². The van der Waals surface area contributed by atoms with Crippen LogP contribution in [-0.2, 0) is 30.4 Å². The van der Waals surface area contributed by atoms with Crippen LogP contribution in [0, 0.1) is 28.6 Å². The number of nitrogens with zero attached hydrogens (tertiary/aromatic N) is 2. The minimum Gasteiger partial charge on any atom is -0.871 e. The molecule has 3 fully saturated rings. The number of carbonyl (C=O) groups excluding carboxylic acids is 3. The second kappa shape index (κ2) is 12.4. The molecule has 0 heterocycles. The first-order chi connectivity index (χ1) is 21.2. The van der Waals surface area contributed by atoms with Crippen LogP contribution in [0.25, 0.3) is 0 Å². The van der Waals surface area contributed by atoms with Crippen molar-refractivity contribution in [1.29, 1.82) is 0 Å². The minimum atomic E-state index is -1.22. The molecule has 0 aliphatic heterocycles. The van der Waals surface area contributed by atoms with Gasteiger partial charge in [0.25, 0.3) is 5.91 Å².